The number of benzene rings is 1. The van der Waals surface area contributed by atoms with Gasteiger partial charge >= 0.3 is 0 Å². The molecule has 1 aromatic rings. The second-order valence-corrected chi connectivity index (χ2v) is 6.97. The third-order valence-electron chi connectivity index (χ3n) is 3.73. The minimum atomic E-state index is 0.0993. The van der Waals surface area contributed by atoms with Crippen LogP contribution in [0.2, 0.25) is 5.02 Å². The van der Waals surface area contributed by atoms with E-state index in [-0.39, 0.29) is 18.2 Å². The molecule has 1 fully saturated rings. The van der Waals surface area contributed by atoms with Gasteiger partial charge < -0.3 is 15.3 Å². The van der Waals surface area contributed by atoms with Gasteiger partial charge in [-0.3, -0.25) is 0 Å². The highest BCUT2D eigenvalue weighted by molar-refractivity contribution is 6.33. The van der Waals surface area contributed by atoms with E-state index in [2.05, 4.69) is 43.1 Å². The highest BCUT2D eigenvalue weighted by Crippen LogP contribution is 2.32. The van der Waals surface area contributed by atoms with Crippen LogP contribution in [-0.2, 0) is 6.54 Å². The van der Waals surface area contributed by atoms with E-state index >= 15 is 0 Å². The molecule has 1 aliphatic rings. The predicted octanol–water partition coefficient (Wildman–Crippen LogP) is 3.19. The normalized spacial score (nSPS) is 19.6. The number of halogens is 1. The number of aliphatic hydroxyl groups excluding tert-OH is 1. The third kappa shape index (κ3) is 3.87. The van der Waals surface area contributed by atoms with Crippen LogP contribution in [0, 0.1) is 0 Å². The topological polar surface area (TPSA) is 35.5 Å². The minimum absolute atomic E-state index is 0.0993. The van der Waals surface area contributed by atoms with Gasteiger partial charge in [-0.05, 0) is 51.3 Å². The Morgan fingerprint density at radius 3 is 2.75 bits per heavy atom. The zero-order valence-corrected chi connectivity index (χ0v) is 13.4. The average molecular weight is 297 g/mol. The van der Waals surface area contributed by atoms with Crippen LogP contribution in [0.25, 0.3) is 0 Å². The fraction of sp³-hybridized carbons (Fsp3) is 0.625. The summed E-state index contributed by atoms with van der Waals surface area (Å²) < 4.78 is 0. The SMILES string of the molecule is CC(C)(C)NCc1ccc(N2CCCC2CO)c(Cl)c1. The molecule has 1 atom stereocenters. The van der Waals surface area contributed by atoms with Gasteiger partial charge in [0.05, 0.1) is 23.4 Å². The Bertz CT molecular complexity index is 456. The van der Waals surface area contributed by atoms with E-state index in [9.17, 15) is 5.11 Å². The maximum atomic E-state index is 9.42. The molecule has 0 bridgehead atoms. The first kappa shape index (κ1) is 15.6. The van der Waals surface area contributed by atoms with Gasteiger partial charge in [-0.25, -0.2) is 0 Å². The van der Waals surface area contributed by atoms with Gasteiger partial charge in [0.2, 0.25) is 0 Å². The second kappa shape index (κ2) is 6.33. The molecule has 1 heterocycles. The van der Waals surface area contributed by atoms with Crippen LogP contribution in [0.5, 0.6) is 0 Å². The lowest BCUT2D eigenvalue weighted by molar-refractivity contribution is 0.266. The van der Waals surface area contributed by atoms with Crippen molar-refractivity contribution in [2.45, 2.75) is 51.7 Å². The summed E-state index contributed by atoms with van der Waals surface area (Å²) in [7, 11) is 0. The first-order valence-electron chi connectivity index (χ1n) is 7.31. The fourth-order valence-corrected chi connectivity index (χ4v) is 2.91. The fourth-order valence-electron chi connectivity index (χ4n) is 2.60. The van der Waals surface area contributed by atoms with Crippen molar-refractivity contribution in [1.29, 1.82) is 0 Å². The Kier molecular flexibility index (Phi) is 4.95. The Labute approximate surface area is 126 Å². The van der Waals surface area contributed by atoms with E-state index in [0.717, 1.165) is 36.6 Å². The third-order valence-corrected chi connectivity index (χ3v) is 4.03. The van der Waals surface area contributed by atoms with E-state index in [0.29, 0.717) is 0 Å². The Balaban J connectivity index is 2.10. The van der Waals surface area contributed by atoms with Crippen molar-refractivity contribution in [2.75, 3.05) is 18.1 Å². The van der Waals surface area contributed by atoms with Crippen molar-refractivity contribution < 1.29 is 5.11 Å². The van der Waals surface area contributed by atoms with Crippen molar-refractivity contribution in [1.82, 2.24) is 5.32 Å². The molecule has 0 aliphatic carbocycles. The summed E-state index contributed by atoms with van der Waals surface area (Å²) in [6, 6.07) is 6.44. The van der Waals surface area contributed by atoms with Crippen LogP contribution in [-0.4, -0.2) is 29.8 Å². The van der Waals surface area contributed by atoms with Crippen LogP contribution in [0.3, 0.4) is 0 Å². The maximum Gasteiger partial charge on any atom is 0.0642 e. The number of nitrogens with one attached hydrogen (secondary N) is 1. The number of anilines is 1. The minimum Gasteiger partial charge on any atom is -0.394 e. The zero-order chi connectivity index (χ0) is 14.8. The summed E-state index contributed by atoms with van der Waals surface area (Å²) in [6.07, 6.45) is 2.16. The molecule has 0 amide bonds. The molecular weight excluding hydrogens is 272 g/mol. The molecule has 20 heavy (non-hydrogen) atoms. The van der Waals surface area contributed by atoms with Crippen molar-refractivity contribution >= 4 is 17.3 Å². The Morgan fingerprint density at radius 2 is 2.15 bits per heavy atom. The highest BCUT2D eigenvalue weighted by atomic mass is 35.5. The van der Waals surface area contributed by atoms with E-state index in [1.54, 1.807) is 0 Å². The van der Waals surface area contributed by atoms with Gasteiger partial charge in [-0.2, -0.15) is 0 Å². The smallest absolute Gasteiger partial charge is 0.0642 e. The van der Waals surface area contributed by atoms with E-state index < -0.39 is 0 Å². The Hall–Kier alpha value is -0.770. The van der Waals surface area contributed by atoms with Crippen LogP contribution in [0.15, 0.2) is 18.2 Å². The molecule has 3 nitrogen and oxygen atoms in total. The average Bonchev–Trinajstić information content (AvgIpc) is 2.83. The molecule has 2 rings (SSSR count). The summed E-state index contributed by atoms with van der Waals surface area (Å²) in [5.41, 5.74) is 2.33. The van der Waals surface area contributed by atoms with E-state index in [4.69, 9.17) is 11.6 Å². The molecule has 1 unspecified atom stereocenters. The largest absolute Gasteiger partial charge is 0.394 e. The number of nitrogens with zero attached hydrogens (tertiary/aromatic N) is 1. The molecular formula is C16H25ClN2O. The van der Waals surface area contributed by atoms with Gasteiger partial charge in [0.15, 0.2) is 0 Å². The molecule has 4 heteroatoms. The van der Waals surface area contributed by atoms with Gasteiger partial charge in [0.25, 0.3) is 0 Å². The lowest BCUT2D eigenvalue weighted by atomic mass is 10.1. The molecule has 0 aromatic heterocycles. The standard InChI is InChI=1S/C16H25ClN2O/c1-16(2,3)18-10-12-6-7-15(14(17)9-12)19-8-4-5-13(19)11-20/h6-7,9,13,18,20H,4-5,8,10-11H2,1-3H3. The monoisotopic (exact) mass is 296 g/mol. The highest BCUT2D eigenvalue weighted by Gasteiger charge is 2.25. The molecule has 0 spiro atoms. The quantitative estimate of drug-likeness (QED) is 0.896. The zero-order valence-electron chi connectivity index (χ0n) is 12.6. The predicted molar refractivity (Wildman–Crippen MR) is 85.5 cm³/mol. The van der Waals surface area contributed by atoms with Crippen LogP contribution in [0.4, 0.5) is 5.69 Å². The number of hydrogen-bond donors (Lipinski definition) is 2. The number of rotatable bonds is 4. The second-order valence-electron chi connectivity index (χ2n) is 6.56. The first-order chi connectivity index (χ1) is 9.40. The molecule has 112 valence electrons. The van der Waals surface area contributed by atoms with Crippen molar-refractivity contribution in [3.8, 4) is 0 Å². The summed E-state index contributed by atoms with van der Waals surface area (Å²) in [5.74, 6) is 0. The first-order valence-corrected chi connectivity index (χ1v) is 7.69. The maximum absolute atomic E-state index is 9.42. The molecule has 1 saturated heterocycles. The molecule has 2 N–H and O–H groups in total. The van der Waals surface area contributed by atoms with Crippen molar-refractivity contribution in [2.24, 2.45) is 0 Å². The van der Waals surface area contributed by atoms with Gasteiger partial charge in [0.1, 0.15) is 0 Å². The van der Waals surface area contributed by atoms with Crippen LogP contribution in [0.1, 0.15) is 39.2 Å². The van der Waals surface area contributed by atoms with Gasteiger partial charge in [0, 0.05) is 18.6 Å². The lowest BCUT2D eigenvalue weighted by Crippen LogP contribution is -2.35. The number of hydrogen-bond acceptors (Lipinski definition) is 3. The van der Waals surface area contributed by atoms with E-state index in [1.165, 1.54) is 5.56 Å². The van der Waals surface area contributed by atoms with Crippen LogP contribution < -0.4 is 10.2 Å². The Morgan fingerprint density at radius 1 is 1.40 bits per heavy atom. The number of aliphatic hydroxyl groups is 1. The molecule has 1 aromatic carbocycles. The summed E-state index contributed by atoms with van der Waals surface area (Å²) in [5, 5.41) is 13.7. The summed E-state index contributed by atoms with van der Waals surface area (Å²) in [4.78, 5) is 2.23. The van der Waals surface area contributed by atoms with Crippen LogP contribution >= 0.6 is 11.6 Å². The van der Waals surface area contributed by atoms with Crippen molar-refractivity contribution in [3.05, 3.63) is 28.8 Å². The van der Waals surface area contributed by atoms with Crippen molar-refractivity contribution in [3.63, 3.8) is 0 Å². The molecule has 0 radical (unpaired) electrons. The van der Waals surface area contributed by atoms with Gasteiger partial charge in [-0.1, -0.05) is 17.7 Å². The lowest BCUT2D eigenvalue weighted by Gasteiger charge is -2.27. The molecule has 1 aliphatic heterocycles. The summed E-state index contributed by atoms with van der Waals surface area (Å²) >= 11 is 6.43. The van der Waals surface area contributed by atoms with Gasteiger partial charge in [-0.15, -0.1) is 0 Å². The summed E-state index contributed by atoms with van der Waals surface area (Å²) in [6.45, 7) is 8.44. The van der Waals surface area contributed by atoms with E-state index in [1.807, 2.05) is 6.07 Å². The molecule has 0 saturated carbocycles.